The van der Waals surface area contributed by atoms with Crippen molar-refractivity contribution in [3.05, 3.63) is 24.0 Å². The van der Waals surface area contributed by atoms with E-state index >= 15 is 0 Å². The number of carbonyl (C=O) groups excluding carboxylic acids is 1. The van der Waals surface area contributed by atoms with Crippen molar-refractivity contribution in [2.24, 2.45) is 0 Å². The topological polar surface area (TPSA) is 85.3 Å². The SMILES string of the molecule is O=C(NO)c1ccncc1[O-]. The predicted molar refractivity (Wildman–Crippen MR) is 32.9 cm³/mol. The van der Waals surface area contributed by atoms with Crippen LogP contribution >= 0.6 is 0 Å². The molecule has 1 aromatic rings. The second-order valence-corrected chi connectivity index (χ2v) is 1.81. The highest BCUT2D eigenvalue weighted by Crippen LogP contribution is 2.08. The Balaban J connectivity index is 3.03. The summed E-state index contributed by atoms with van der Waals surface area (Å²) < 4.78 is 0. The van der Waals surface area contributed by atoms with Gasteiger partial charge in [-0.1, -0.05) is 5.75 Å². The Hall–Kier alpha value is -1.62. The number of hydrogen-bond acceptors (Lipinski definition) is 4. The van der Waals surface area contributed by atoms with Gasteiger partial charge in [-0.15, -0.1) is 0 Å². The highest BCUT2D eigenvalue weighted by atomic mass is 16.5. The van der Waals surface area contributed by atoms with Crippen LogP contribution in [0.15, 0.2) is 18.5 Å². The Morgan fingerprint density at radius 3 is 3.00 bits per heavy atom. The Bertz CT molecular complexity index is 274. The maximum Gasteiger partial charge on any atom is 0.274 e. The number of nitrogens with one attached hydrogen (secondary N) is 1. The Kier molecular flexibility index (Phi) is 2.03. The zero-order chi connectivity index (χ0) is 8.27. The average Bonchev–Trinajstić information content (AvgIpc) is 2.04. The minimum atomic E-state index is -0.822. The molecule has 1 rings (SSSR count). The largest absolute Gasteiger partial charge is 0.871 e. The number of hydroxylamine groups is 1. The summed E-state index contributed by atoms with van der Waals surface area (Å²) >= 11 is 0. The number of rotatable bonds is 1. The molecule has 58 valence electrons. The molecule has 5 nitrogen and oxygen atoms in total. The molecule has 0 saturated heterocycles. The Labute approximate surface area is 62.3 Å². The van der Waals surface area contributed by atoms with Gasteiger partial charge in [0.15, 0.2) is 0 Å². The standard InChI is InChI=1S/C6H6N2O3/c9-5-3-7-2-1-4(5)6(10)8-11/h1-3,9,11H,(H,8,10)/p-1. The highest BCUT2D eigenvalue weighted by molar-refractivity contribution is 5.95. The van der Waals surface area contributed by atoms with E-state index in [1.807, 2.05) is 0 Å². The van der Waals surface area contributed by atoms with Crippen LogP contribution < -0.4 is 10.6 Å². The molecule has 0 aliphatic heterocycles. The van der Waals surface area contributed by atoms with Crippen LogP contribution in [0.1, 0.15) is 10.4 Å². The van der Waals surface area contributed by atoms with Gasteiger partial charge in [0.25, 0.3) is 5.91 Å². The van der Waals surface area contributed by atoms with Crippen LogP contribution in [0.5, 0.6) is 5.75 Å². The summed E-state index contributed by atoms with van der Waals surface area (Å²) in [6.45, 7) is 0. The van der Waals surface area contributed by atoms with Gasteiger partial charge in [-0.25, -0.2) is 5.48 Å². The van der Waals surface area contributed by atoms with Gasteiger partial charge in [-0.3, -0.25) is 15.0 Å². The molecular formula is C6H5N2O3-. The summed E-state index contributed by atoms with van der Waals surface area (Å²) in [5.74, 6) is -1.34. The molecule has 0 bridgehead atoms. The third-order valence-electron chi connectivity index (χ3n) is 1.13. The van der Waals surface area contributed by atoms with E-state index in [2.05, 4.69) is 4.98 Å². The first kappa shape index (κ1) is 7.49. The maximum atomic E-state index is 10.8. The number of hydrogen-bond donors (Lipinski definition) is 2. The predicted octanol–water partition coefficient (Wildman–Crippen LogP) is -0.726. The van der Waals surface area contributed by atoms with Crippen molar-refractivity contribution in [2.75, 3.05) is 0 Å². The first-order valence-corrected chi connectivity index (χ1v) is 2.81. The van der Waals surface area contributed by atoms with E-state index in [0.29, 0.717) is 0 Å². The molecule has 0 fully saturated rings. The van der Waals surface area contributed by atoms with Gasteiger partial charge in [0.1, 0.15) is 0 Å². The smallest absolute Gasteiger partial charge is 0.274 e. The Morgan fingerprint density at radius 2 is 2.45 bits per heavy atom. The lowest BCUT2D eigenvalue weighted by atomic mass is 10.2. The summed E-state index contributed by atoms with van der Waals surface area (Å²) in [6.07, 6.45) is 2.30. The van der Waals surface area contributed by atoms with Gasteiger partial charge < -0.3 is 5.11 Å². The normalized spacial score (nSPS) is 9.18. The summed E-state index contributed by atoms with van der Waals surface area (Å²) in [7, 11) is 0. The lowest BCUT2D eigenvalue weighted by Gasteiger charge is -2.08. The fourth-order valence-electron chi connectivity index (χ4n) is 0.628. The van der Waals surface area contributed by atoms with Crippen molar-refractivity contribution in [2.45, 2.75) is 0 Å². The molecule has 0 spiro atoms. The molecule has 0 unspecified atom stereocenters. The monoisotopic (exact) mass is 153 g/mol. The van der Waals surface area contributed by atoms with Gasteiger partial charge in [0.05, 0.1) is 0 Å². The van der Waals surface area contributed by atoms with Crippen LogP contribution in [0.2, 0.25) is 0 Å². The zero-order valence-corrected chi connectivity index (χ0v) is 5.44. The second kappa shape index (κ2) is 2.98. The minimum Gasteiger partial charge on any atom is -0.871 e. The molecule has 0 atom stereocenters. The lowest BCUT2D eigenvalue weighted by Crippen LogP contribution is -2.20. The van der Waals surface area contributed by atoms with Crippen LogP contribution in [0.3, 0.4) is 0 Å². The van der Waals surface area contributed by atoms with Crippen molar-refractivity contribution in [1.82, 2.24) is 10.5 Å². The summed E-state index contributed by atoms with van der Waals surface area (Å²) in [5.41, 5.74) is 1.23. The van der Waals surface area contributed by atoms with E-state index < -0.39 is 11.7 Å². The minimum absolute atomic E-state index is 0.123. The van der Waals surface area contributed by atoms with Gasteiger partial charge >= 0.3 is 0 Å². The molecule has 2 N–H and O–H groups in total. The molecular weight excluding hydrogens is 148 g/mol. The first-order chi connectivity index (χ1) is 5.25. The van der Waals surface area contributed by atoms with E-state index in [0.717, 1.165) is 6.20 Å². The van der Waals surface area contributed by atoms with E-state index in [9.17, 15) is 9.90 Å². The molecule has 0 aromatic carbocycles. The zero-order valence-electron chi connectivity index (χ0n) is 5.44. The van der Waals surface area contributed by atoms with Crippen LogP contribution in [0, 0.1) is 0 Å². The maximum absolute atomic E-state index is 10.8. The van der Waals surface area contributed by atoms with Crippen LogP contribution in [0.25, 0.3) is 0 Å². The lowest BCUT2D eigenvalue weighted by molar-refractivity contribution is -0.269. The van der Waals surface area contributed by atoms with Gasteiger partial charge in [0.2, 0.25) is 0 Å². The molecule has 5 heteroatoms. The van der Waals surface area contributed by atoms with E-state index in [1.165, 1.54) is 17.7 Å². The van der Waals surface area contributed by atoms with Gasteiger partial charge in [-0.2, -0.15) is 0 Å². The molecule has 1 aromatic heterocycles. The number of nitrogens with zero attached hydrogens (tertiary/aromatic N) is 1. The fraction of sp³-hybridized carbons (Fsp3) is 0. The van der Waals surface area contributed by atoms with Gasteiger partial charge in [-0.05, 0) is 6.07 Å². The molecule has 0 aliphatic carbocycles. The van der Waals surface area contributed by atoms with E-state index in [1.54, 1.807) is 0 Å². The van der Waals surface area contributed by atoms with Crippen LogP contribution in [-0.4, -0.2) is 16.1 Å². The molecule has 0 aliphatic rings. The fourth-order valence-corrected chi connectivity index (χ4v) is 0.628. The van der Waals surface area contributed by atoms with Crippen molar-refractivity contribution in [1.29, 1.82) is 0 Å². The third-order valence-corrected chi connectivity index (χ3v) is 1.13. The molecule has 11 heavy (non-hydrogen) atoms. The summed E-state index contributed by atoms with van der Waals surface area (Å²) in [5, 5.41) is 18.9. The Morgan fingerprint density at radius 1 is 1.73 bits per heavy atom. The molecule has 1 amide bonds. The van der Waals surface area contributed by atoms with E-state index in [-0.39, 0.29) is 5.56 Å². The second-order valence-electron chi connectivity index (χ2n) is 1.81. The molecule has 0 radical (unpaired) electrons. The van der Waals surface area contributed by atoms with Crippen molar-refractivity contribution >= 4 is 5.91 Å². The molecule has 1 heterocycles. The number of carbonyl (C=O) groups is 1. The van der Waals surface area contributed by atoms with Crippen LogP contribution in [-0.2, 0) is 0 Å². The third kappa shape index (κ3) is 1.44. The quantitative estimate of drug-likeness (QED) is 0.411. The number of amides is 1. The van der Waals surface area contributed by atoms with Crippen molar-refractivity contribution < 1.29 is 15.1 Å². The first-order valence-electron chi connectivity index (χ1n) is 2.81. The highest BCUT2D eigenvalue weighted by Gasteiger charge is 2.02. The summed E-state index contributed by atoms with van der Waals surface area (Å²) in [4.78, 5) is 14.1. The number of pyridine rings is 1. The van der Waals surface area contributed by atoms with Crippen LogP contribution in [0.4, 0.5) is 0 Å². The van der Waals surface area contributed by atoms with E-state index in [4.69, 9.17) is 5.21 Å². The van der Waals surface area contributed by atoms with Crippen molar-refractivity contribution in [3.63, 3.8) is 0 Å². The average molecular weight is 153 g/mol. The number of aromatic nitrogens is 1. The van der Waals surface area contributed by atoms with Gasteiger partial charge in [0, 0.05) is 18.0 Å². The summed E-state index contributed by atoms with van der Waals surface area (Å²) in [6, 6.07) is 1.23. The molecule has 0 saturated carbocycles. The van der Waals surface area contributed by atoms with Crippen molar-refractivity contribution in [3.8, 4) is 5.75 Å².